The monoisotopic (exact) mass is 420 g/mol. The molecule has 2 aliphatic rings. The van der Waals surface area contributed by atoms with Gasteiger partial charge in [-0.1, -0.05) is 47.6 Å². The average molecular weight is 420 g/mol. The number of halogens is 1. The molecule has 160 valence electrons. The van der Waals surface area contributed by atoms with E-state index in [0.29, 0.717) is 31.3 Å². The molecule has 6 nitrogen and oxygen atoms in total. The minimum Gasteiger partial charge on any atom is -0.378 e. The van der Waals surface area contributed by atoms with Crippen LogP contribution >= 0.6 is 0 Å². The van der Waals surface area contributed by atoms with Gasteiger partial charge in [0.15, 0.2) is 5.96 Å². The first-order valence-corrected chi connectivity index (χ1v) is 10.6. The lowest BCUT2D eigenvalue weighted by Gasteiger charge is -2.27. The predicted octanol–water partition coefficient (Wildman–Crippen LogP) is 3.71. The summed E-state index contributed by atoms with van der Waals surface area (Å²) in [7, 11) is 0. The maximum Gasteiger partial charge on any atom is 0.191 e. The van der Waals surface area contributed by atoms with Gasteiger partial charge in [-0.25, -0.2) is 9.38 Å². The van der Waals surface area contributed by atoms with Gasteiger partial charge in [0.25, 0.3) is 0 Å². The van der Waals surface area contributed by atoms with Crippen molar-refractivity contribution in [3.8, 4) is 11.1 Å². The van der Waals surface area contributed by atoms with Crippen LogP contribution in [0.2, 0.25) is 0 Å². The van der Waals surface area contributed by atoms with Crippen molar-refractivity contribution in [3.63, 3.8) is 0 Å². The summed E-state index contributed by atoms with van der Waals surface area (Å²) in [5.41, 5.74) is 8.90. The molecule has 1 aromatic heterocycles. The highest BCUT2D eigenvalue weighted by molar-refractivity contribution is 5.78. The number of benzene rings is 2. The van der Waals surface area contributed by atoms with E-state index in [4.69, 9.17) is 15.0 Å². The third kappa shape index (κ3) is 3.93. The third-order valence-electron chi connectivity index (χ3n) is 6.13. The standard InChI is InChI=1S/C24H25FN4O2/c25-21-14-18(6-7-20(21)17-4-2-1-3-5-17)24(8-9-24)22-15-19(28-31-22)16-27-23(26)29-10-12-30-13-11-29/h1-7,14-15H,8-13,16H2,(H2,26,27). The number of morpholine rings is 1. The Balaban J connectivity index is 1.33. The summed E-state index contributed by atoms with van der Waals surface area (Å²) in [6.45, 7) is 3.16. The topological polar surface area (TPSA) is 76.9 Å². The molecule has 2 N–H and O–H groups in total. The van der Waals surface area contributed by atoms with Crippen molar-refractivity contribution in [2.75, 3.05) is 26.3 Å². The number of aromatic nitrogens is 1. The number of hydrogen-bond donors (Lipinski definition) is 1. The van der Waals surface area contributed by atoms with Gasteiger partial charge in [0.05, 0.1) is 25.2 Å². The van der Waals surface area contributed by atoms with Crippen LogP contribution in [0.3, 0.4) is 0 Å². The van der Waals surface area contributed by atoms with Gasteiger partial charge >= 0.3 is 0 Å². The Bertz CT molecular complexity index is 1090. The molecule has 1 aliphatic heterocycles. The summed E-state index contributed by atoms with van der Waals surface area (Å²) in [6, 6.07) is 17.0. The Morgan fingerprint density at radius 1 is 1.10 bits per heavy atom. The minimum atomic E-state index is -0.305. The summed E-state index contributed by atoms with van der Waals surface area (Å²) < 4.78 is 25.9. The van der Waals surface area contributed by atoms with Gasteiger partial charge in [0.1, 0.15) is 17.3 Å². The summed E-state index contributed by atoms with van der Waals surface area (Å²) in [5.74, 6) is 1.03. The number of nitrogens with zero attached hydrogens (tertiary/aromatic N) is 3. The van der Waals surface area contributed by atoms with Crippen molar-refractivity contribution >= 4 is 5.96 Å². The molecular weight excluding hydrogens is 395 g/mol. The van der Waals surface area contributed by atoms with Crippen molar-refractivity contribution in [1.29, 1.82) is 0 Å². The van der Waals surface area contributed by atoms with Crippen molar-refractivity contribution in [2.24, 2.45) is 10.7 Å². The van der Waals surface area contributed by atoms with E-state index in [0.717, 1.165) is 48.5 Å². The summed E-state index contributed by atoms with van der Waals surface area (Å²) in [5, 5.41) is 4.18. The fraction of sp³-hybridized carbons (Fsp3) is 0.333. The highest BCUT2D eigenvalue weighted by atomic mass is 19.1. The van der Waals surface area contributed by atoms with Gasteiger partial charge in [0, 0.05) is 24.7 Å². The van der Waals surface area contributed by atoms with Crippen LogP contribution < -0.4 is 5.73 Å². The van der Waals surface area contributed by atoms with E-state index in [2.05, 4.69) is 10.1 Å². The molecule has 0 spiro atoms. The van der Waals surface area contributed by atoms with E-state index < -0.39 is 0 Å². The second kappa shape index (κ2) is 8.15. The van der Waals surface area contributed by atoms with E-state index >= 15 is 0 Å². The Labute approximate surface area is 180 Å². The molecule has 1 saturated heterocycles. The quantitative estimate of drug-likeness (QED) is 0.503. The first-order valence-electron chi connectivity index (χ1n) is 10.6. The molecule has 1 saturated carbocycles. The Morgan fingerprint density at radius 2 is 1.87 bits per heavy atom. The Kier molecular flexibility index (Phi) is 5.19. The van der Waals surface area contributed by atoms with Gasteiger partial charge in [-0.2, -0.15) is 0 Å². The summed E-state index contributed by atoms with van der Waals surface area (Å²) in [6.07, 6.45) is 1.82. The number of ether oxygens (including phenoxy) is 1. The molecule has 2 aromatic carbocycles. The van der Waals surface area contributed by atoms with Crippen LogP contribution in [0.15, 0.2) is 64.1 Å². The number of aliphatic imine (C=N–C) groups is 1. The van der Waals surface area contributed by atoms with Gasteiger partial charge in [0.2, 0.25) is 0 Å². The molecule has 0 bridgehead atoms. The van der Waals surface area contributed by atoms with E-state index in [1.54, 1.807) is 6.07 Å². The fourth-order valence-electron chi connectivity index (χ4n) is 4.13. The largest absolute Gasteiger partial charge is 0.378 e. The summed E-state index contributed by atoms with van der Waals surface area (Å²) in [4.78, 5) is 6.45. The van der Waals surface area contributed by atoms with Crippen molar-refractivity contribution in [1.82, 2.24) is 10.1 Å². The molecule has 0 atom stereocenters. The highest BCUT2D eigenvalue weighted by Gasteiger charge is 2.49. The zero-order chi connectivity index (χ0) is 21.3. The molecule has 5 rings (SSSR count). The predicted molar refractivity (Wildman–Crippen MR) is 116 cm³/mol. The number of rotatable bonds is 5. The molecule has 0 amide bonds. The molecule has 3 aromatic rings. The Hall–Kier alpha value is -3.19. The zero-order valence-electron chi connectivity index (χ0n) is 17.3. The number of guanidine groups is 1. The number of hydrogen-bond acceptors (Lipinski definition) is 4. The lowest BCUT2D eigenvalue weighted by Crippen LogP contribution is -2.44. The lowest BCUT2D eigenvalue weighted by atomic mass is 9.91. The van der Waals surface area contributed by atoms with Gasteiger partial charge in [-0.05, 0) is 30.0 Å². The van der Waals surface area contributed by atoms with Gasteiger partial charge in [-0.15, -0.1) is 0 Å². The van der Waals surface area contributed by atoms with Crippen LogP contribution in [0.25, 0.3) is 11.1 Å². The Morgan fingerprint density at radius 3 is 2.58 bits per heavy atom. The minimum absolute atomic E-state index is 0.224. The molecule has 7 heteroatoms. The van der Waals surface area contributed by atoms with Crippen LogP contribution in [0.4, 0.5) is 4.39 Å². The first kappa shape index (κ1) is 19.8. The smallest absolute Gasteiger partial charge is 0.191 e. The average Bonchev–Trinajstić information content (AvgIpc) is 3.49. The normalized spacial score (nSPS) is 18.2. The molecule has 31 heavy (non-hydrogen) atoms. The third-order valence-corrected chi connectivity index (χ3v) is 6.13. The van der Waals surface area contributed by atoms with E-state index in [9.17, 15) is 4.39 Å². The van der Waals surface area contributed by atoms with E-state index in [1.165, 1.54) is 0 Å². The maximum absolute atomic E-state index is 14.9. The first-order chi connectivity index (χ1) is 15.2. The lowest BCUT2D eigenvalue weighted by molar-refractivity contribution is 0.0674. The molecular formula is C24H25FN4O2. The summed E-state index contributed by atoms with van der Waals surface area (Å²) >= 11 is 0. The van der Waals surface area contributed by atoms with Crippen molar-refractivity contribution < 1.29 is 13.7 Å². The SMILES string of the molecule is N/C(=N\Cc1cc(C2(c3ccc(-c4ccccc4)c(F)c3)CC2)on1)N1CCOCC1. The van der Waals surface area contributed by atoms with Crippen molar-refractivity contribution in [3.05, 3.63) is 77.4 Å². The highest BCUT2D eigenvalue weighted by Crippen LogP contribution is 2.54. The molecule has 0 radical (unpaired) electrons. The van der Waals surface area contributed by atoms with Crippen LogP contribution in [0, 0.1) is 5.82 Å². The van der Waals surface area contributed by atoms with Crippen molar-refractivity contribution in [2.45, 2.75) is 24.8 Å². The fourth-order valence-corrected chi connectivity index (χ4v) is 4.13. The van der Waals surface area contributed by atoms with Crippen LogP contribution in [0.5, 0.6) is 0 Å². The molecule has 1 aliphatic carbocycles. The van der Waals surface area contributed by atoms with Crippen LogP contribution in [0.1, 0.15) is 29.9 Å². The van der Waals surface area contributed by atoms with Gasteiger partial charge in [-0.3, -0.25) is 0 Å². The van der Waals surface area contributed by atoms with Crippen LogP contribution in [-0.2, 0) is 16.7 Å². The van der Waals surface area contributed by atoms with Crippen LogP contribution in [-0.4, -0.2) is 42.3 Å². The van der Waals surface area contributed by atoms with E-state index in [-0.39, 0.29) is 11.2 Å². The molecule has 0 unspecified atom stereocenters. The van der Waals surface area contributed by atoms with Gasteiger partial charge < -0.3 is 19.9 Å². The zero-order valence-corrected chi connectivity index (χ0v) is 17.3. The van der Waals surface area contributed by atoms with E-state index in [1.807, 2.05) is 53.4 Å². The molecule has 2 fully saturated rings. The number of nitrogens with two attached hydrogens (primary N) is 1. The molecule has 2 heterocycles. The second-order valence-electron chi connectivity index (χ2n) is 8.10. The maximum atomic E-state index is 14.9. The second-order valence-corrected chi connectivity index (χ2v) is 8.10.